The second kappa shape index (κ2) is 9.04. The van der Waals surface area contributed by atoms with Gasteiger partial charge < -0.3 is 20.1 Å². The molecule has 2 heterocycles. The number of aromatic nitrogens is 3. The van der Waals surface area contributed by atoms with Gasteiger partial charge in [-0.25, -0.2) is 4.68 Å². The lowest BCUT2D eigenvalue weighted by Gasteiger charge is -2.29. The molecule has 166 valence electrons. The normalized spacial score (nSPS) is 15.1. The minimum atomic E-state index is -0.513. The molecule has 0 radical (unpaired) electrons. The van der Waals surface area contributed by atoms with Crippen LogP contribution in [0.1, 0.15) is 31.0 Å². The van der Waals surface area contributed by atoms with E-state index in [4.69, 9.17) is 9.47 Å². The Morgan fingerprint density at radius 1 is 1.25 bits per heavy atom. The van der Waals surface area contributed by atoms with Gasteiger partial charge in [0.1, 0.15) is 12.4 Å². The molecule has 0 bridgehead atoms. The van der Waals surface area contributed by atoms with Crippen molar-refractivity contribution in [1.29, 1.82) is 0 Å². The lowest BCUT2D eigenvalue weighted by Crippen LogP contribution is -2.31. The van der Waals surface area contributed by atoms with E-state index >= 15 is 0 Å². The van der Waals surface area contributed by atoms with Crippen LogP contribution < -0.4 is 20.1 Å². The maximum absolute atomic E-state index is 13.5. The van der Waals surface area contributed by atoms with Crippen LogP contribution in [0.5, 0.6) is 11.5 Å². The van der Waals surface area contributed by atoms with Crippen LogP contribution >= 0.6 is 15.9 Å². The van der Waals surface area contributed by atoms with Crippen molar-refractivity contribution < 1.29 is 14.3 Å². The van der Waals surface area contributed by atoms with Crippen molar-refractivity contribution in [1.82, 2.24) is 14.8 Å². The number of anilines is 2. The van der Waals surface area contributed by atoms with Crippen molar-refractivity contribution in [3.8, 4) is 11.5 Å². The van der Waals surface area contributed by atoms with Gasteiger partial charge in [-0.2, -0.15) is 10.1 Å². The highest BCUT2D eigenvalue weighted by Gasteiger charge is 2.34. The van der Waals surface area contributed by atoms with Gasteiger partial charge in [0.15, 0.2) is 11.5 Å². The number of hydrogen-bond acceptors (Lipinski definition) is 6. The number of halogens is 1. The Morgan fingerprint density at radius 3 is 2.69 bits per heavy atom. The number of hydrogen-bond donors (Lipinski definition) is 2. The number of nitrogens with zero attached hydrogens (tertiary/aromatic N) is 3. The van der Waals surface area contributed by atoms with Crippen LogP contribution in [0, 0.1) is 6.92 Å². The number of benzene rings is 2. The Balaban J connectivity index is 1.81. The Hall–Kier alpha value is -3.33. The zero-order valence-corrected chi connectivity index (χ0v) is 19.9. The largest absolute Gasteiger partial charge is 0.492 e. The van der Waals surface area contributed by atoms with Gasteiger partial charge >= 0.3 is 0 Å². The third-order valence-electron chi connectivity index (χ3n) is 5.20. The van der Waals surface area contributed by atoms with Gasteiger partial charge in [-0.1, -0.05) is 17.7 Å². The predicted molar refractivity (Wildman–Crippen MR) is 126 cm³/mol. The number of methoxy groups -OCH3 is 1. The third-order valence-corrected chi connectivity index (χ3v) is 5.79. The Morgan fingerprint density at radius 2 is 2.00 bits per heavy atom. The summed E-state index contributed by atoms with van der Waals surface area (Å²) in [7, 11) is 1.59. The summed E-state index contributed by atoms with van der Waals surface area (Å²) in [6, 6.07) is 10.9. The maximum Gasteiger partial charge on any atom is 0.255 e. The minimum absolute atomic E-state index is 0.227. The molecule has 2 N–H and O–H groups in total. The van der Waals surface area contributed by atoms with Crippen molar-refractivity contribution in [2.75, 3.05) is 24.4 Å². The summed E-state index contributed by atoms with van der Waals surface area (Å²) < 4.78 is 13.7. The molecule has 1 unspecified atom stereocenters. The lowest BCUT2D eigenvalue weighted by atomic mass is 9.94. The monoisotopic (exact) mass is 497 g/mol. The van der Waals surface area contributed by atoms with Crippen LogP contribution in [-0.4, -0.2) is 34.4 Å². The van der Waals surface area contributed by atoms with Crippen molar-refractivity contribution in [3.05, 3.63) is 69.6 Å². The molecule has 8 nitrogen and oxygen atoms in total. The van der Waals surface area contributed by atoms with Crippen molar-refractivity contribution in [2.45, 2.75) is 26.8 Å². The summed E-state index contributed by atoms with van der Waals surface area (Å²) in [5.41, 5.74) is 3.88. The highest BCUT2D eigenvalue weighted by atomic mass is 79.9. The fourth-order valence-corrected chi connectivity index (χ4v) is 4.36. The smallest absolute Gasteiger partial charge is 0.255 e. The Kier molecular flexibility index (Phi) is 6.18. The first-order chi connectivity index (χ1) is 15.4. The third kappa shape index (κ3) is 4.08. The Bertz CT molecular complexity index is 1190. The molecule has 1 aliphatic rings. The fraction of sp³-hybridized carbons (Fsp3) is 0.261. The van der Waals surface area contributed by atoms with Gasteiger partial charge in [0.25, 0.3) is 5.91 Å². The van der Waals surface area contributed by atoms with Gasteiger partial charge in [0.05, 0.1) is 23.8 Å². The average molecular weight is 498 g/mol. The number of carbonyl (C=O) groups is 1. The second-order valence-electron chi connectivity index (χ2n) is 7.38. The van der Waals surface area contributed by atoms with Crippen molar-refractivity contribution in [2.24, 2.45) is 0 Å². The molecule has 0 aliphatic carbocycles. The number of fused-ring (bicyclic) bond motifs is 1. The molecule has 4 rings (SSSR count). The molecule has 0 saturated carbocycles. The number of carbonyl (C=O) groups excluding carboxylic acids is 1. The van der Waals surface area contributed by atoms with Crippen LogP contribution in [0.15, 0.2) is 58.5 Å². The molecule has 1 atom stereocenters. The van der Waals surface area contributed by atoms with Crippen LogP contribution in [0.4, 0.5) is 11.6 Å². The molecule has 9 heteroatoms. The first kappa shape index (κ1) is 21.9. The SMILES string of the molecule is CCOc1cc(C2C(C(=O)Nc3ccc(C)cc3)=C(C)Nc3ncnn32)cc(Br)c1OC. The minimum Gasteiger partial charge on any atom is -0.492 e. The second-order valence-corrected chi connectivity index (χ2v) is 8.24. The molecular weight excluding hydrogens is 474 g/mol. The first-order valence-corrected chi connectivity index (χ1v) is 11.0. The zero-order valence-electron chi connectivity index (χ0n) is 18.3. The molecule has 0 saturated heterocycles. The van der Waals surface area contributed by atoms with E-state index in [1.807, 2.05) is 57.2 Å². The highest BCUT2D eigenvalue weighted by molar-refractivity contribution is 9.10. The van der Waals surface area contributed by atoms with E-state index in [-0.39, 0.29) is 5.91 Å². The van der Waals surface area contributed by atoms with Gasteiger partial charge in [0, 0.05) is 11.4 Å². The van der Waals surface area contributed by atoms with Gasteiger partial charge in [-0.15, -0.1) is 0 Å². The van der Waals surface area contributed by atoms with Gasteiger partial charge in [0.2, 0.25) is 5.95 Å². The number of allylic oxidation sites excluding steroid dienone is 1. The Labute approximate surface area is 194 Å². The zero-order chi connectivity index (χ0) is 22.8. The first-order valence-electron chi connectivity index (χ1n) is 10.2. The maximum atomic E-state index is 13.5. The highest BCUT2D eigenvalue weighted by Crippen LogP contribution is 2.42. The quantitative estimate of drug-likeness (QED) is 0.513. The molecule has 0 spiro atoms. The van der Waals surface area contributed by atoms with Crippen molar-refractivity contribution >= 4 is 33.5 Å². The molecular formula is C23H24BrN5O3. The summed E-state index contributed by atoms with van der Waals surface area (Å²) >= 11 is 3.58. The van der Waals surface area contributed by atoms with E-state index < -0.39 is 6.04 Å². The van der Waals surface area contributed by atoms with Gasteiger partial charge in [-0.05, 0) is 66.5 Å². The standard InChI is InChI=1S/C23H24BrN5O3/c1-5-32-18-11-15(10-17(24)21(18)31-4)20-19(14(3)27-23-25-12-26-29(20)23)22(30)28-16-8-6-13(2)7-9-16/h6-12,20H,5H2,1-4H3,(H,28,30)(H,25,26,27). The molecule has 1 amide bonds. The van der Waals surface area contributed by atoms with E-state index in [1.54, 1.807) is 11.8 Å². The molecule has 0 fully saturated rings. The molecule has 32 heavy (non-hydrogen) atoms. The van der Waals surface area contributed by atoms with Crippen molar-refractivity contribution in [3.63, 3.8) is 0 Å². The topological polar surface area (TPSA) is 90.3 Å². The van der Waals surface area contributed by atoms with Crippen LogP contribution in [-0.2, 0) is 4.79 Å². The number of aryl methyl sites for hydroxylation is 1. The summed E-state index contributed by atoms with van der Waals surface area (Å²) in [6.45, 7) is 6.24. The fourth-order valence-electron chi connectivity index (χ4n) is 3.74. The lowest BCUT2D eigenvalue weighted by molar-refractivity contribution is -0.113. The average Bonchev–Trinajstić information content (AvgIpc) is 3.22. The van der Waals surface area contributed by atoms with E-state index in [1.165, 1.54) is 6.33 Å². The number of rotatable bonds is 6. The summed E-state index contributed by atoms with van der Waals surface area (Å²) in [5, 5.41) is 10.6. The predicted octanol–water partition coefficient (Wildman–Crippen LogP) is 4.68. The summed E-state index contributed by atoms with van der Waals surface area (Å²) in [6.07, 6.45) is 1.46. The van der Waals surface area contributed by atoms with E-state index in [0.717, 1.165) is 21.3 Å². The number of ether oxygens (including phenoxy) is 2. The van der Waals surface area contributed by atoms with Crippen LogP contribution in [0.3, 0.4) is 0 Å². The van der Waals surface area contributed by atoms with Crippen LogP contribution in [0.2, 0.25) is 0 Å². The summed E-state index contributed by atoms with van der Waals surface area (Å²) in [5.74, 6) is 1.50. The summed E-state index contributed by atoms with van der Waals surface area (Å²) in [4.78, 5) is 17.8. The molecule has 1 aromatic heterocycles. The van der Waals surface area contributed by atoms with Gasteiger partial charge in [-0.3, -0.25) is 4.79 Å². The number of nitrogens with one attached hydrogen (secondary N) is 2. The molecule has 2 aromatic carbocycles. The van der Waals surface area contributed by atoms with E-state index in [0.29, 0.717) is 35.3 Å². The molecule has 1 aliphatic heterocycles. The number of amides is 1. The van der Waals surface area contributed by atoms with E-state index in [9.17, 15) is 4.79 Å². The van der Waals surface area contributed by atoms with E-state index in [2.05, 4.69) is 36.6 Å². The molecule has 3 aromatic rings. The van der Waals surface area contributed by atoms with Crippen LogP contribution in [0.25, 0.3) is 0 Å².